The molecule has 5 nitrogen and oxygen atoms in total. The van der Waals surface area contributed by atoms with Gasteiger partial charge in [0.15, 0.2) is 0 Å². The highest BCUT2D eigenvalue weighted by Crippen LogP contribution is 2.15. The minimum atomic E-state index is -0.487. The molecule has 0 heterocycles. The molecule has 0 aliphatic carbocycles. The molecule has 0 aliphatic heterocycles. The molecule has 0 atom stereocenters. The molecule has 0 spiro atoms. The Labute approximate surface area is 74.4 Å². The van der Waals surface area contributed by atoms with Crippen LogP contribution in [0, 0.1) is 10.1 Å². The molecule has 1 aromatic carbocycles. The maximum Gasteiger partial charge on any atom is 0.269 e. The van der Waals surface area contributed by atoms with Gasteiger partial charge in [-0.1, -0.05) is 6.58 Å². The first-order valence-corrected chi connectivity index (χ1v) is 3.49. The second-order valence-electron chi connectivity index (χ2n) is 2.39. The van der Waals surface area contributed by atoms with E-state index in [4.69, 9.17) is 5.21 Å². The number of hydroxylamine groups is 1. The van der Waals surface area contributed by atoms with Gasteiger partial charge in [0.25, 0.3) is 5.69 Å². The summed E-state index contributed by atoms with van der Waals surface area (Å²) in [5.41, 5.74) is 2.78. The van der Waals surface area contributed by atoms with E-state index >= 15 is 0 Å². The van der Waals surface area contributed by atoms with E-state index in [1.807, 2.05) is 5.48 Å². The number of non-ortho nitro benzene ring substituents is 1. The summed E-state index contributed by atoms with van der Waals surface area (Å²) in [6.45, 7) is 3.49. The van der Waals surface area contributed by atoms with Gasteiger partial charge in [-0.25, -0.2) is 0 Å². The predicted molar refractivity (Wildman–Crippen MR) is 47.1 cm³/mol. The normalized spacial score (nSPS) is 9.31. The zero-order chi connectivity index (χ0) is 9.84. The van der Waals surface area contributed by atoms with Crippen molar-refractivity contribution in [2.24, 2.45) is 0 Å². The fourth-order valence-electron chi connectivity index (χ4n) is 0.849. The highest BCUT2D eigenvalue weighted by Gasteiger charge is 2.04. The van der Waals surface area contributed by atoms with Gasteiger partial charge in [0, 0.05) is 12.1 Å². The first-order chi connectivity index (χ1) is 6.15. The summed E-state index contributed by atoms with van der Waals surface area (Å²) >= 11 is 0. The van der Waals surface area contributed by atoms with Crippen molar-refractivity contribution in [3.63, 3.8) is 0 Å². The summed E-state index contributed by atoms with van der Waals surface area (Å²) in [5.74, 6) is 0. The summed E-state index contributed by atoms with van der Waals surface area (Å²) in [4.78, 5) is 9.78. The van der Waals surface area contributed by atoms with Crippen LogP contribution in [0.2, 0.25) is 0 Å². The Morgan fingerprint density at radius 3 is 2.38 bits per heavy atom. The lowest BCUT2D eigenvalue weighted by molar-refractivity contribution is -0.384. The van der Waals surface area contributed by atoms with Crippen LogP contribution < -0.4 is 5.48 Å². The summed E-state index contributed by atoms with van der Waals surface area (Å²) in [6.07, 6.45) is 0. The molecule has 0 aliphatic rings. The van der Waals surface area contributed by atoms with Crippen molar-refractivity contribution in [2.75, 3.05) is 0 Å². The number of hydrogen-bond acceptors (Lipinski definition) is 4. The monoisotopic (exact) mass is 180 g/mol. The van der Waals surface area contributed by atoms with Gasteiger partial charge in [-0.2, -0.15) is 0 Å². The Hall–Kier alpha value is -1.88. The van der Waals surface area contributed by atoms with Gasteiger partial charge in [-0.05, 0) is 17.7 Å². The predicted octanol–water partition coefficient (Wildman–Crippen LogP) is 1.54. The smallest absolute Gasteiger partial charge is 0.269 e. The van der Waals surface area contributed by atoms with Crippen molar-refractivity contribution in [3.05, 3.63) is 46.5 Å². The summed E-state index contributed by atoms with van der Waals surface area (Å²) in [6, 6.07) is 5.70. The number of rotatable bonds is 3. The van der Waals surface area contributed by atoms with Gasteiger partial charge in [-0.15, -0.1) is 0 Å². The number of nitrogens with one attached hydrogen (secondary N) is 1. The third-order valence-electron chi connectivity index (χ3n) is 1.56. The van der Waals surface area contributed by atoms with Crippen molar-refractivity contribution in [3.8, 4) is 0 Å². The van der Waals surface area contributed by atoms with Crippen molar-refractivity contribution >= 4 is 11.4 Å². The zero-order valence-corrected chi connectivity index (χ0v) is 6.73. The summed E-state index contributed by atoms with van der Waals surface area (Å²) in [5, 5.41) is 18.8. The molecule has 2 N–H and O–H groups in total. The number of hydrogen-bond donors (Lipinski definition) is 2. The van der Waals surface area contributed by atoms with Crippen molar-refractivity contribution in [1.82, 2.24) is 5.48 Å². The largest absolute Gasteiger partial charge is 0.291 e. The Balaban J connectivity index is 2.93. The van der Waals surface area contributed by atoms with Gasteiger partial charge < -0.3 is 0 Å². The maximum absolute atomic E-state index is 10.3. The molecule has 1 rings (SSSR count). The molecular weight excluding hydrogens is 172 g/mol. The second kappa shape index (κ2) is 3.68. The average Bonchev–Trinajstić information content (AvgIpc) is 2.17. The fraction of sp³-hybridized carbons (Fsp3) is 0. The first kappa shape index (κ1) is 9.21. The Morgan fingerprint density at radius 2 is 2.00 bits per heavy atom. The van der Waals surface area contributed by atoms with Gasteiger partial charge >= 0.3 is 0 Å². The number of nitro groups is 1. The average molecular weight is 180 g/mol. The van der Waals surface area contributed by atoms with E-state index in [-0.39, 0.29) is 5.69 Å². The van der Waals surface area contributed by atoms with E-state index in [0.717, 1.165) is 0 Å². The highest BCUT2D eigenvalue weighted by molar-refractivity contribution is 5.61. The number of benzene rings is 1. The van der Waals surface area contributed by atoms with Gasteiger partial charge in [0.1, 0.15) is 0 Å². The number of nitrogens with zero attached hydrogens (tertiary/aromatic N) is 1. The van der Waals surface area contributed by atoms with E-state index in [1.54, 1.807) is 0 Å². The van der Waals surface area contributed by atoms with Crippen molar-refractivity contribution in [2.45, 2.75) is 0 Å². The van der Waals surface area contributed by atoms with E-state index < -0.39 is 4.92 Å². The molecule has 0 unspecified atom stereocenters. The van der Waals surface area contributed by atoms with E-state index in [9.17, 15) is 10.1 Å². The van der Waals surface area contributed by atoms with Crippen LogP contribution in [0.3, 0.4) is 0 Å². The first-order valence-electron chi connectivity index (χ1n) is 3.49. The van der Waals surface area contributed by atoms with Gasteiger partial charge in [0.2, 0.25) is 0 Å². The molecule has 0 bridgehead atoms. The molecule has 1 aromatic rings. The Kier molecular flexibility index (Phi) is 2.61. The third kappa shape index (κ3) is 2.03. The van der Waals surface area contributed by atoms with Gasteiger partial charge in [-0.3, -0.25) is 20.8 Å². The van der Waals surface area contributed by atoms with Crippen LogP contribution in [0.25, 0.3) is 5.70 Å². The quantitative estimate of drug-likeness (QED) is 0.546. The highest BCUT2D eigenvalue weighted by atomic mass is 16.6. The molecule has 0 aromatic heterocycles. The lowest BCUT2D eigenvalue weighted by Crippen LogP contribution is -2.03. The molecule has 5 heteroatoms. The molecule has 13 heavy (non-hydrogen) atoms. The summed E-state index contributed by atoms with van der Waals surface area (Å²) in [7, 11) is 0. The topological polar surface area (TPSA) is 75.4 Å². The second-order valence-corrected chi connectivity index (χ2v) is 2.39. The standard InChI is InChI=1S/C8H8N2O3/c1-6(9-11)7-2-4-8(5-3-7)10(12)13/h2-5,9,11H,1H2. The van der Waals surface area contributed by atoms with Gasteiger partial charge in [0.05, 0.1) is 10.6 Å². The van der Waals surface area contributed by atoms with Crippen LogP contribution in [0.15, 0.2) is 30.8 Å². The van der Waals surface area contributed by atoms with Crippen molar-refractivity contribution in [1.29, 1.82) is 0 Å². The van der Waals surface area contributed by atoms with Crippen LogP contribution in [-0.4, -0.2) is 10.1 Å². The van der Waals surface area contributed by atoms with Crippen LogP contribution in [0.5, 0.6) is 0 Å². The molecule has 0 saturated carbocycles. The third-order valence-corrected chi connectivity index (χ3v) is 1.56. The molecular formula is C8H8N2O3. The maximum atomic E-state index is 10.3. The minimum Gasteiger partial charge on any atom is -0.291 e. The molecule has 0 fully saturated rings. The summed E-state index contributed by atoms with van der Waals surface area (Å²) < 4.78 is 0. The van der Waals surface area contributed by atoms with Crippen LogP contribution in [-0.2, 0) is 0 Å². The van der Waals surface area contributed by atoms with Crippen LogP contribution in [0.1, 0.15) is 5.56 Å². The van der Waals surface area contributed by atoms with E-state index in [2.05, 4.69) is 6.58 Å². The number of nitro benzene ring substituents is 1. The SMILES string of the molecule is C=C(NO)c1ccc([N+](=O)[O-])cc1. The Morgan fingerprint density at radius 1 is 1.46 bits per heavy atom. The fourth-order valence-corrected chi connectivity index (χ4v) is 0.849. The molecule has 0 amide bonds. The van der Waals surface area contributed by atoms with Crippen LogP contribution >= 0.6 is 0 Å². The lowest BCUT2D eigenvalue weighted by Gasteiger charge is -2.01. The minimum absolute atomic E-state index is 0.00879. The van der Waals surface area contributed by atoms with Crippen molar-refractivity contribution < 1.29 is 10.1 Å². The van der Waals surface area contributed by atoms with E-state index in [1.165, 1.54) is 24.3 Å². The molecule has 68 valence electrons. The van der Waals surface area contributed by atoms with E-state index in [0.29, 0.717) is 11.3 Å². The Bertz CT molecular complexity index is 332. The molecule has 0 radical (unpaired) electrons. The lowest BCUT2D eigenvalue weighted by atomic mass is 10.2. The van der Waals surface area contributed by atoms with Crippen LogP contribution in [0.4, 0.5) is 5.69 Å². The zero-order valence-electron chi connectivity index (χ0n) is 6.73. The molecule has 0 saturated heterocycles.